The molecule has 1 aromatic rings. The molecule has 5 heteroatoms. The van der Waals surface area contributed by atoms with Crippen molar-refractivity contribution >= 4 is 23.4 Å². The number of carbonyl (C=O) groups is 1. The van der Waals surface area contributed by atoms with Gasteiger partial charge in [0.05, 0.1) is 12.2 Å². The van der Waals surface area contributed by atoms with E-state index in [1.165, 1.54) is 12.1 Å². The van der Waals surface area contributed by atoms with Gasteiger partial charge in [-0.3, -0.25) is 4.79 Å². The predicted molar refractivity (Wildman–Crippen MR) is 58.5 cm³/mol. The average molecular weight is 226 g/mol. The Hall–Kier alpha value is -1.07. The summed E-state index contributed by atoms with van der Waals surface area (Å²) >= 11 is 1.63. The summed E-state index contributed by atoms with van der Waals surface area (Å²) in [7, 11) is 0. The number of nitrogens with zero attached hydrogens (tertiary/aromatic N) is 1. The molecule has 2 rings (SSSR count). The van der Waals surface area contributed by atoms with E-state index in [4.69, 9.17) is 5.73 Å². The fourth-order valence-electron chi connectivity index (χ4n) is 1.56. The van der Waals surface area contributed by atoms with E-state index in [0.717, 1.165) is 10.6 Å². The number of rotatable bonds is 1. The molecule has 0 aliphatic carbocycles. The van der Waals surface area contributed by atoms with E-state index in [2.05, 4.69) is 0 Å². The van der Waals surface area contributed by atoms with Gasteiger partial charge in [-0.2, -0.15) is 0 Å². The normalized spacial score (nSPS) is 14.9. The van der Waals surface area contributed by atoms with Crippen LogP contribution in [0.25, 0.3) is 0 Å². The number of carbonyl (C=O) groups excluding carboxylic acids is 1. The lowest BCUT2D eigenvalue weighted by Gasteiger charge is -2.28. The lowest BCUT2D eigenvalue weighted by molar-refractivity contribution is -0.117. The molecule has 3 nitrogen and oxygen atoms in total. The van der Waals surface area contributed by atoms with E-state index >= 15 is 0 Å². The third-order valence-electron chi connectivity index (χ3n) is 2.26. The Balaban J connectivity index is 2.40. The highest BCUT2D eigenvalue weighted by Crippen LogP contribution is 2.34. The summed E-state index contributed by atoms with van der Waals surface area (Å²) in [5.41, 5.74) is 5.95. The molecule has 80 valence electrons. The number of hydrogen-bond acceptors (Lipinski definition) is 3. The van der Waals surface area contributed by atoms with Crippen molar-refractivity contribution < 1.29 is 9.18 Å². The second-order valence-corrected chi connectivity index (χ2v) is 4.35. The molecule has 0 spiro atoms. The zero-order valence-corrected chi connectivity index (χ0v) is 8.89. The number of thioether (sulfide) groups is 1. The van der Waals surface area contributed by atoms with E-state index in [0.29, 0.717) is 12.2 Å². The Morgan fingerprint density at radius 3 is 3.13 bits per heavy atom. The summed E-state index contributed by atoms with van der Waals surface area (Å²) < 4.78 is 13.1. The van der Waals surface area contributed by atoms with Crippen molar-refractivity contribution in [3.05, 3.63) is 24.0 Å². The third kappa shape index (κ3) is 1.98. The first-order chi connectivity index (χ1) is 7.22. The van der Waals surface area contributed by atoms with Gasteiger partial charge in [0.2, 0.25) is 5.91 Å². The van der Waals surface area contributed by atoms with E-state index < -0.39 is 0 Å². The molecule has 0 fully saturated rings. The first kappa shape index (κ1) is 10.4. The number of anilines is 1. The Kier molecular flexibility index (Phi) is 2.93. The Morgan fingerprint density at radius 2 is 2.40 bits per heavy atom. The maximum atomic E-state index is 13.1. The molecule has 1 aliphatic rings. The van der Waals surface area contributed by atoms with Crippen LogP contribution in [0.4, 0.5) is 10.1 Å². The van der Waals surface area contributed by atoms with Gasteiger partial charge in [-0.1, -0.05) is 0 Å². The second-order valence-electron chi connectivity index (χ2n) is 3.21. The predicted octanol–water partition coefficient (Wildman–Crippen LogP) is 1.22. The number of halogens is 1. The molecule has 0 radical (unpaired) electrons. The van der Waals surface area contributed by atoms with Gasteiger partial charge >= 0.3 is 0 Å². The monoisotopic (exact) mass is 226 g/mol. The standard InChI is InChI=1S/C10H11FN2OS/c11-7-1-2-9-8(5-7)13(3-4-15-9)10(14)6-12/h1-2,5H,3-4,6,12H2. The number of benzene rings is 1. The molecule has 1 aromatic carbocycles. The third-order valence-corrected chi connectivity index (χ3v) is 3.30. The lowest BCUT2D eigenvalue weighted by atomic mass is 10.2. The van der Waals surface area contributed by atoms with Crippen LogP contribution in [0.2, 0.25) is 0 Å². The van der Waals surface area contributed by atoms with Gasteiger partial charge in [0.25, 0.3) is 0 Å². The first-order valence-electron chi connectivity index (χ1n) is 4.65. The molecule has 0 saturated carbocycles. The Labute approximate surface area is 91.4 Å². The lowest BCUT2D eigenvalue weighted by Crippen LogP contribution is -2.39. The van der Waals surface area contributed by atoms with Gasteiger partial charge < -0.3 is 10.6 Å². The van der Waals surface area contributed by atoms with Crippen molar-refractivity contribution in [2.24, 2.45) is 5.73 Å². The van der Waals surface area contributed by atoms with E-state index in [1.807, 2.05) is 0 Å². The van der Waals surface area contributed by atoms with Crippen molar-refractivity contribution in [1.29, 1.82) is 0 Å². The summed E-state index contributed by atoms with van der Waals surface area (Å²) in [6.45, 7) is 0.553. The van der Waals surface area contributed by atoms with Crippen LogP contribution in [0, 0.1) is 5.82 Å². The summed E-state index contributed by atoms with van der Waals surface area (Å²) in [4.78, 5) is 14.0. The summed E-state index contributed by atoms with van der Waals surface area (Å²) in [5.74, 6) is 0.331. The molecule has 0 atom stereocenters. The van der Waals surface area contributed by atoms with E-state index in [-0.39, 0.29) is 18.3 Å². The molecule has 0 unspecified atom stereocenters. The van der Waals surface area contributed by atoms with Gasteiger partial charge in [-0.25, -0.2) is 4.39 Å². The van der Waals surface area contributed by atoms with Crippen molar-refractivity contribution in [1.82, 2.24) is 0 Å². The highest BCUT2D eigenvalue weighted by Gasteiger charge is 2.22. The maximum absolute atomic E-state index is 13.1. The van der Waals surface area contributed by atoms with Gasteiger partial charge in [0.15, 0.2) is 0 Å². The molecule has 1 aliphatic heterocycles. The van der Waals surface area contributed by atoms with Crippen LogP contribution in [0.15, 0.2) is 23.1 Å². The Morgan fingerprint density at radius 1 is 1.60 bits per heavy atom. The topological polar surface area (TPSA) is 46.3 Å². The van der Waals surface area contributed by atoms with Gasteiger partial charge in [-0.05, 0) is 18.2 Å². The molecule has 0 bridgehead atoms. The van der Waals surface area contributed by atoms with Crippen molar-refractivity contribution in [2.45, 2.75) is 4.90 Å². The van der Waals surface area contributed by atoms with Gasteiger partial charge in [-0.15, -0.1) is 11.8 Å². The molecular formula is C10H11FN2OS. The summed E-state index contributed by atoms with van der Waals surface area (Å²) in [5, 5.41) is 0. The van der Waals surface area contributed by atoms with Crippen LogP contribution in [-0.4, -0.2) is 24.7 Å². The molecule has 1 heterocycles. The fraction of sp³-hybridized carbons (Fsp3) is 0.300. The molecule has 15 heavy (non-hydrogen) atoms. The van der Waals surface area contributed by atoms with Crippen LogP contribution in [0.5, 0.6) is 0 Å². The minimum absolute atomic E-state index is 0.0411. The van der Waals surface area contributed by atoms with Crippen LogP contribution < -0.4 is 10.6 Å². The SMILES string of the molecule is NCC(=O)N1CCSc2ccc(F)cc21. The highest BCUT2D eigenvalue weighted by atomic mass is 32.2. The highest BCUT2D eigenvalue weighted by molar-refractivity contribution is 7.99. The summed E-state index contributed by atoms with van der Waals surface area (Å²) in [6.07, 6.45) is 0. The zero-order chi connectivity index (χ0) is 10.8. The second kappa shape index (κ2) is 4.20. The number of amides is 1. The summed E-state index contributed by atoms with van der Waals surface area (Å²) in [6, 6.07) is 4.49. The van der Waals surface area contributed by atoms with Crippen molar-refractivity contribution in [3.63, 3.8) is 0 Å². The zero-order valence-electron chi connectivity index (χ0n) is 8.07. The first-order valence-corrected chi connectivity index (χ1v) is 5.63. The minimum atomic E-state index is -0.328. The molecule has 2 N–H and O–H groups in total. The molecular weight excluding hydrogens is 215 g/mol. The largest absolute Gasteiger partial charge is 0.322 e. The molecule has 0 saturated heterocycles. The average Bonchev–Trinajstić information content (AvgIpc) is 2.27. The maximum Gasteiger partial charge on any atom is 0.240 e. The van der Waals surface area contributed by atoms with E-state index in [9.17, 15) is 9.18 Å². The molecule has 1 amide bonds. The molecule has 0 aromatic heterocycles. The van der Waals surface area contributed by atoms with Crippen molar-refractivity contribution in [3.8, 4) is 0 Å². The van der Waals surface area contributed by atoms with Crippen LogP contribution >= 0.6 is 11.8 Å². The number of nitrogens with two attached hydrogens (primary N) is 1. The number of fused-ring (bicyclic) bond motifs is 1. The van der Waals surface area contributed by atoms with Crippen LogP contribution in [0.1, 0.15) is 0 Å². The van der Waals surface area contributed by atoms with Gasteiger partial charge in [0, 0.05) is 17.2 Å². The Bertz CT molecular complexity index is 397. The van der Waals surface area contributed by atoms with Gasteiger partial charge in [0.1, 0.15) is 5.82 Å². The van der Waals surface area contributed by atoms with Crippen LogP contribution in [0.3, 0.4) is 0 Å². The van der Waals surface area contributed by atoms with E-state index in [1.54, 1.807) is 22.7 Å². The van der Waals surface area contributed by atoms with Crippen LogP contribution in [-0.2, 0) is 4.79 Å². The fourth-order valence-corrected chi connectivity index (χ4v) is 2.54. The quantitative estimate of drug-likeness (QED) is 0.783. The smallest absolute Gasteiger partial charge is 0.240 e. The number of hydrogen-bond donors (Lipinski definition) is 1. The minimum Gasteiger partial charge on any atom is -0.322 e. The van der Waals surface area contributed by atoms with Crippen molar-refractivity contribution in [2.75, 3.05) is 23.7 Å².